The number of ether oxygens (including phenoxy) is 1. The number of methoxy groups -OCH3 is 1. The van der Waals surface area contributed by atoms with Gasteiger partial charge in [0.05, 0.1) is 12.8 Å². The molecule has 0 fully saturated rings. The lowest BCUT2D eigenvalue weighted by atomic mass is 9.88. The van der Waals surface area contributed by atoms with E-state index in [0.717, 1.165) is 5.56 Å². The molecule has 4 nitrogen and oxygen atoms in total. The maximum atomic E-state index is 11.8. The SMILES string of the molecule is COC(=O)c1cnc(-c2ccccc2)nc1C(C)(C)C. The number of carbonyl (C=O) groups is 1. The summed E-state index contributed by atoms with van der Waals surface area (Å²) in [7, 11) is 1.36. The molecule has 0 saturated carbocycles. The molecule has 0 unspecified atom stereocenters. The van der Waals surface area contributed by atoms with Gasteiger partial charge in [0, 0.05) is 17.2 Å². The molecule has 0 aliphatic heterocycles. The lowest BCUT2D eigenvalue weighted by Gasteiger charge is -2.21. The van der Waals surface area contributed by atoms with Crippen molar-refractivity contribution in [3.05, 3.63) is 47.8 Å². The number of benzene rings is 1. The standard InChI is InChI=1S/C16H18N2O2/c1-16(2,3)13-12(15(19)20-4)10-17-14(18-13)11-8-6-5-7-9-11/h5-10H,1-4H3. The number of carbonyl (C=O) groups excluding carboxylic acids is 1. The minimum atomic E-state index is -0.408. The minimum Gasteiger partial charge on any atom is -0.465 e. The minimum absolute atomic E-state index is 0.268. The summed E-state index contributed by atoms with van der Waals surface area (Å²) < 4.78 is 4.80. The van der Waals surface area contributed by atoms with Gasteiger partial charge in [-0.2, -0.15) is 0 Å². The van der Waals surface area contributed by atoms with Gasteiger partial charge in [0.2, 0.25) is 0 Å². The maximum absolute atomic E-state index is 11.8. The van der Waals surface area contributed by atoms with E-state index in [-0.39, 0.29) is 5.41 Å². The normalized spacial score (nSPS) is 11.2. The molecule has 0 saturated heterocycles. The van der Waals surface area contributed by atoms with Crippen molar-refractivity contribution in [2.75, 3.05) is 7.11 Å². The van der Waals surface area contributed by atoms with E-state index in [2.05, 4.69) is 9.97 Å². The van der Waals surface area contributed by atoms with Crippen molar-refractivity contribution in [2.45, 2.75) is 26.2 Å². The van der Waals surface area contributed by atoms with E-state index in [1.165, 1.54) is 7.11 Å². The van der Waals surface area contributed by atoms with Crippen molar-refractivity contribution >= 4 is 5.97 Å². The molecule has 0 atom stereocenters. The van der Waals surface area contributed by atoms with Crippen molar-refractivity contribution in [1.82, 2.24) is 9.97 Å². The number of hydrogen-bond donors (Lipinski definition) is 0. The van der Waals surface area contributed by atoms with Crippen LogP contribution in [0.3, 0.4) is 0 Å². The first-order chi connectivity index (χ1) is 9.43. The molecular formula is C16H18N2O2. The Kier molecular flexibility index (Phi) is 3.84. The van der Waals surface area contributed by atoms with Crippen LogP contribution in [0, 0.1) is 0 Å². The van der Waals surface area contributed by atoms with Gasteiger partial charge in [-0.1, -0.05) is 51.1 Å². The van der Waals surface area contributed by atoms with Gasteiger partial charge in [0.1, 0.15) is 5.56 Å². The predicted molar refractivity (Wildman–Crippen MR) is 77.5 cm³/mol. The number of rotatable bonds is 2. The third-order valence-corrected chi connectivity index (χ3v) is 2.94. The molecule has 4 heteroatoms. The van der Waals surface area contributed by atoms with E-state index in [1.807, 2.05) is 51.1 Å². The van der Waals surface area contributed by atoms with Gasteiger partial charge in [-0.3, -0.25) is 0 Å². The van der Waals surface area contributed by atoms with Gasteiger partial charge in [-0.25, -0.2) is 14.8 Å². The molecule has 0 bridgehead atoms. The van der Waals surface area contributed by atoms with Crippen LogP contribution in [-0.4, -0.2) is 23.0 Å². The van der Waals surface area contributed by atoms with E-state index in [4.69, 9.17) is 4.74 Å². The molecule has 104 valence electrons. The molecular weight excluding hydrogens is 252 g/mol. The van der Waals surface area contributed by atoms with Crippen LogP contribution in [0.15, 0.2) is 36.5 Å². The van der Waals surface area contributed by atoms with Crippen molar-refractivity contribution in [1.29, 1.82) is 0 Å². The summed E-state index contributed by atoms with van der Waals surface area (Å²) in [5.41, 5.74) is 1.77. The Bertz CT molecular complexity index is 616. The number of aromatic nitrogens is 2. The Labute approximate surface area is 118 Å². The molecule has 1 heterocycles. The maximum Gasteiger partial charge on any atom is 0.341 e. The topological polar surface area (TPSA) is 52.1 Å². The highest BCUT2D eigenvalue weighted by molar-refractivity contribution is 5.90. The molecule has 20 heavy (non-hydrogen) atoms. The van der Waals surface area contributed by atoms with Gasteiger partial charge in [0.25, 0.3) is 0 Å². The second kappa shape index (κ2) is 5.41. The van der Waals surface area contributed by atoms with Gasteiger partial charge < -0.3 is 4.74 Å². The number of hydrogen-bond acceptors (Lipinski definition) is 4. The molecule has 1 aromatic heterocycles. The molecule has 1 aromatic carbocycles. The second-order valence-corrected chi connectivity index (χ2v) is 5.56. The summed E-state index contributed by atoms with van der Waals surface area (Å²) in [6.07, 6.45) is 1.54. The highest BCUT2D eigenvalue weighted by Gasteiger charge is 2.25. The van der Waals surface area contributed by atoms with Crippen LogP contribution in [0.1, 0.15) is 36.8 Å². The molecule has 2 rings (SSSR count). The Balaban J connectivity index is 2.58. The smallest absolute Gasteiger partial charge is 0.341 e. The van der Waals surface area contributed by atoms with Gasteiger partial charge >= 0.3 is 5.97 Å². The molecule has 0 radical (unpaired) electrons. The summed E-state index contributed by atoms with van der Waals surface area (Å²) >= 11 is 0. The van der Waals surface area contributed by atoms with Crippen LogP contribution in [0.25, 0.3) is 11.4 Å². The summed E-state index contributed by atoms with van der Waals surface area (Å²) in [5.74, 6) is 0.206. The van der Waals surface area contributed by atoms with E-state index < -0.39 is 5.97 Å². The van der Waals surface area contributed by atoms with Crippen molar-refractivity contribution in [2.24, 2.45) is 0 Å². The molecule has 2 aromatic rings. The first kappa shape index (κ1) is 14.2. The van der Waals surface area contributed by atoms with Crippen LogP contribution in [0.4, 0.5) is 0 Å². The average molecular weight is 270 g/mol. The van der Waals surface area contributed by atoms with Crippen LogP contribution in [-0.2, 0) is 10.2 Å². The zero-order valence-electron chi connectivity index (χ0n) is 12.2. The highest BCUT2D eigenvalue weighted by atomic mass is 16.5. The van der Waals surface area contributed by atoms with Crippen LogP contribution >= 0.6 is 0 Å². The molecule has 0 spiro atoms. The quantitative estimate of drug-likeness (QED) is 0.786. The fourth-order valence-corrected chi connectivity index (χ4v) is 1.94. The van der Waals surface area contributed by atoms with Crippen LogP contribution < -0.4 is 0 Å². The monoisotopic (exact) mass is 270 g/mol. The van der Waals surface area contributed by atoms with E-state index >= 15 is 0 Å². The lowest BCUT2D eigenvalue weighted by molar-refractivity contribution is 0.0596. The zero-order chi connectivity index (χ0) is 14.8. The summed E-state index contributed by atoms with van der Waals surface area (Å²) in [6.45, 7) is 6.03. The molecule has 0 aliphatic rings. The molecule has 0 N–H and O–H groups in total. The Morgan fingerprint density at radius 2 is 1.80 bits per heavy atom. The van der Waals surface area contributed by atoms with Crippen molar-refractivity contribution in [3.8, 4) is 11.4 Å². The zero-order valence-corrected chi connectivity index (χ0v) is 12.2. The number of nitrogens with zero attached hydrogens (tertiary/aromatic N) is 2. The molecule has 0 amide bonds. The predicted octanol–water partition coefficient (Wildman–Crippen LogP) is 3.23. The van der Waals surface area contributed by atoms with E-state index in [1.54, 1.807) is 6.20 Å². The fourth-order valence-electron chi connectivity index (χ4n) is 1.94. The van der Waals surface area contributed by atoms with Gasteiger partial charge in [-0.05, 0) is 0 Å². The lowest BCUT2D eigenvalue weighted by Crippen LogP contribution is -2.21. The van der Waals surface area contributed by atoms with Crippen LogP contribution in [0.5, 0.6) is 0 Å². The largest absolute Gasteiger partial charge is 0.465 e. The number of esters is 1. The van der Waals surface area contributed by atoms with Crippen molar-refractivity contribution in [3.63, 3.8) is 0 Å². The van der Waals surface area contributed by atoms with E-state index in [0.29, 0.717) is 17.1 Å². The third kappa shape index (κ3) is 2.85. The Hall–Kier alpha value is -2.23. The van der Waals surface area contributed by atoms with Gasteiger partial charge in [-0.15, -0.1) is 0 Å². The van der Waals surface area contributed by atoms with E-state index in [9.17, 15) is 4.79 Å². The average Bonchev–Trinajstić information content (AvgIpc) is 2.46. The van der Waals surface area contributed by atoms with Crippen LogP contribution in [0.2, 0.25) is 0 Å². The summed E-state index contributed by atoms with van der Waals surface area (Å²) in [4.78, 5) is 20.7. The Morgan fingerprint density at radius 1 is 1.15 bits per heavy atom. The third-order valence-electron chi connectivity index (χ3n) is 2.94. The summed E-state index contributed by atoms with van der Waals surface area (Å²) in [6, 6.07) is 9.70. The Morgan fingerprint density at radius 3 is 2.35 bits per heavy atom. The first-order valence-electron chi connectivity index (χ1n) is 6.44. The first-order valence-corrected chi connectivity index (χ1v) is 6.44. The van der Waals surface area contributed by atoms with Gasteiger partial charge in [0.15, 0.2) is 5.82 Å². The molecule has 0 aliphatic carbocycles. The van der Waals surface area contributed by atoms with Crippen molar-refractivity contribution < 1.29 is 9.53 Å². The summed E-state index contributed by atoms with van der Waals surface area (Å²) in [5, 5.41) is 0. The second-order valence-electron chi connectivity index (χ2n) is 5.56. The fraction of sp³-hybridized carbons (Fsp3) is 0.312. The highest BCUT2D eigenvalue weighted by Crippen LogP contribution is 2.26.